The molecule has 0 radical (unpaired) electrons. The Labute approximate surface area is 57.9 Å². The smallest absolute Gasteiger partial charge is 0.409 e. The first-order valence-electron chi connectivity index (χ1n) is 2.40. The zero-order chi connectivity index (χ0) is 8.65. The minimum Gasteiger partial charge on any atom is -0.409 e. The van der Waals surface area contributed by atoms with E-state index in [1.165, 1.54) is 0 Å². The largest absolute Gasteiger partial charge is 0.517 e. The first-order valence-corrected chi connectivity index (χ1v) is 2.40. The molecule has 1 aliphatic heterocycles. The zero-order valence-electron chi connectivity index (χ0n) is 4.84. The molecule has 0 spiro atoms. The van der Waals surface area contributed by atoms with Crippen LogP contribution in [-0.2, 0) is 14.3 Å². The molecule has 1 fully saturated rings. The molecular weight excluding hydrogens is 169 g/mol. The maximum atomic E-state index is 11.6. The van der Waals surface area contributed by atoms with Crippen LogP contribution >= 0.6 is 0 Å². The molecule has 1 atom stereocenters. The highest BCUT2D eigenvalue weighted by atomic mass is 19.4. The van der Waals surface area contributed by atoms with Gasteiger partial charge in [-0.05, 0) is 0 Å². The standard InChI is InChI=1S/C4HF3O4/c5-4(6,7)1-2(8)11-3(9)10-1/h1H. The van der Waals surface area contributed by atoms with Gasteiger partial charge in [0.1, 0.15) is 0 Å². The summed E-state index contributed by atoms with van der Waals surface area (Å²) in [6.45, 7) is 0. The van der Waals surface area contributed by atoms with Crippen molar-refractivity contribution in [1.82, 2.24) is 0 Å². The molecule has 62 valence electrons. The van der Waals surface area contributed by atoms with Crippen molar-refractivity contribution < 1.29 is 32.2 Å². The zero-order valence-corrected chi connectivity index (χ0v) is 4.84. The second-order valence-corrected chi connectivity index (χ2v) is 1.71. The van der Waals surface area contributed by atoms with E-state index in [0.29, 0.717) is 0 Å². The van der Waals surface area contributed by atoms with Crippen molar-refractivity contribution in [2.45, 2.75) is 12.3 Å². The number of cyclic esters (lactones) is 3. The summed E-state index contributed by atoms with van der Waals surface area (Å²) in [6.07, 6.45) is -9.25. The Morgan fingerprint density at radius 3 is 2.00 bits per heavy atom. The molecule has 1 heterocycles. The van der Waals surface area contributed by atoms with E-state index in [4.69, 9.17) is 0 Å². The predicted molar refractivity (Wildman–Crippen MR) is 22.4 cm³/mol. The van der Waals surface area contributed by atoms with Gasteiger partial charge in [0.25, 0.3) is 6.10 Å². The molecule has 7 heteroatoms. The quantitative estimate of drug-likeness (QED) is 0.394. The van der Waals surface area contributed by atoms with Crippen LogP contribution in [0.1, 0.15) is 0 Å². The van der Waals surface area contributed by atoms with E-state index in [0.717, 1.165) is 0 Å². The van der Waals surface area contributed by atoms with Crippen molar-refractivity contribution in [1.29, 1.82) is 0 Å². The molecule has 0 saturated carbocycles. The molecule has 0 N–H and O–H groups in total. The third-order valence-corrected chi connectivity index (χ3v) is 0.909. The van der Waals surface area contributed by atoms with E-state index < -0.39 is 24.4 Å². The molecular formula is C4HF3O4. The maximum absolute atomic E-state index is 11.6. The molecule has 0 amide bonds. The number of alkyl halides is 3. The van der Waals surface area contributed by atoms with Gasteiger partial charge in [0.2, 0.25) is 0 Å². The summed E-state index contributed by atoms with van der Waals surface area (Å²) in [7, 11) is 0. The summed E-state index contributed by atoms with van der Waals surface area (Å²) < 4.78 is 41.8. The van der Waals surface area contributed by atoms with Crippen LogP contribution < -0.4 is 0 Å². The third-order valence-electron chi connectivity index (χ3n) is 0.909. The SMILES string of the molecule is O=C1OC(=O)C(C(F)(F)F)O1. The fourth-order valence-electron chi connectivity index (χ4n) is 0.504. The van der Waals surface area contributed by atoms with Gasteiger partial charge in [0.05, 0.1) is 0 Å². The van der Waals surface area contributed by atoms with Crippen LogP contribution in [0.15, 0.2) is 0 Å². The predicted octanol–water partition coefficient (Wildman–Crippen LogP) is 0.611. The first-order chi connectivity index (χ1) is 4.91. The summed E-state index contributed by atoms with van der Waals surface area (Å²) in [5.41, 5.74) is 0. The van der Waals surface area contributed by atoms with Crippen LogP contribution in [0.25, 0.3) is 0 Å². The number of hydrogen-bond donors (Lipinski definition) is 0. The van der Waals surface area contributed by atoms with Gasteiger partial charge in [-0.25, -0.2) is 9.59 Å². The van der Waals surface area contributed by atoms with Crippen molar-refractivity contribution in [2.24, 2.45) is 0 Å². The summed E-state index contributed by atoms with van der Waals surface area (Å²) in [5.74, 6) is -1.72. The lowest BCUT2D eigenvalue weighted by Crippen LogP contribution is -2.34. The molecule has 1 saturated heterocycles. The van der Waals surface area contributed by atoms with Crippen LogP contribution in [-0.4, -0.2) is 24.4 Å². The molecule has 1 unspecified atom stereocenters. The molecule has 4 nitrogen and oxygen atoms in total. The lowest BCUT2D eigenvalue weighted by molar-refractivity contribution is -0.198. The number of ether oxygens (including phenoxy) is 2. The summed E-state index contributed by atoms with van der Waals surface area (Å²) >= 11 is 0. The average molecular weight is 170 g/mol. The summed E-state index contributed by atoms with van der Waals surface area (Å²) in [5, 5.41) is 0. The maximum Gasteiger partial charge on any atom is 0.517 e. The topological polar surface area (TPSA) is 52.6 Å². The molecule has 0 aromatic rings. The number of esters is 1. The highest BCUT2D eigenvalue weighted by Gasteiger charge is 2.54. The van der Waals surface area contributed by atoms with Crippen molar-refractivity contribution in [3.8, 4) is 0 Å². The lowest BCUT2D eigenvalue weighted by atomic mass is 10.4. The Bertz CT molecular complexity index is 208. The third kappa shape index (κ3) is 1.41. The Balaban J connectivity index is 2.76. The molecule has 1 aliphatic rings. The van der Waals surface area contributed by atoms with Gasteiger partial charge in [-0.1, -0.05) is 0 Å². The van der Waals surface area contributed by atoms with E-state index in [-0.39, 0.29) is 0 Å². The molecule has 0 aromatic heterocycles. The molecule has 0 aromatic carbocycles. The lowest BCUT2D eigenvalue weighted by Gasteiger charge is -2.07. The molecule has 0 aliphatic carbocycles. The number of rotatable bonds is 0. The fraction of sp³-hybridized carbons (Fsp3) is 0.500. The van der Waals surface area contributed by atoms with Gasteiger partial charge < -0.3 is 9.47 Å². The summed E-state index contributed by atoms with van der Waals surface area (Å²) in [6, 6.07) is 0. The van der Waals surface area contributed by atoms with E-state index in [1.807, 2.05) is 0 Å². The second kappa shape index (κ2) is 2.11. The fourth-order valence-corrected chi connectivity index (χ4v) is 0.504. The number of hydrogen-bond acceptors (Lipinski definition) is 4. The Morgan fingerprint density at radius 2 is 1.82 bits per heavy atom. The highest BCUT2D eigenvalue weighted by Crippen LogP contribution is 2.27. The molecule has 0 bridgehead atoms. The number of carbonyl (C=O) groups excluding carboxylic acids is 2. The van der Waals surface area contributed by atoms with E-state index in [2.05, 4.69) is 9.47 Å². The van der Waals surface area contributed by atoms with Crippen LogP contribution in [0.4, 0.5) is 18.0 Å². The van der Waals surface area contributed by atoms with Gasteiger partial charge in [0, 0.05) is 0 Å². The normalized spacial score (nSPS) is 24.8. The minimum absolute atomic E-state index is 1.61. The van der Waals surface area contributed by atoms with Crippen molar-refractivity contribution in [3.05, 3.63) is 0 Å². The van der Waals surface area contributed by atoms with E-state index >= 15 is 0 Å². The Hall–Kier alpha value is -1.27. The number of halogens is 3. The Morgan fingerprint density at radius 1 is 1.27 bits per heavy atom. The molecule has 1 rings (SSSR count). The van der Waals surface area contributed by atoms with Crippen LogP contribution in [0.3, 0.4) is 0 Å². The van der Waals surface area contributed by atoms with Crippen LogP contribution in [0.5, 0.6) is 0 Å². The Kier molecular flexibility index (Phi) is 1.50. The minimum atomic E-state index is -4.89. The van der Waals surface area contributed by atoms with Gasteiger partial charge in [-0.3, -0.25) is 0 Å². The second-order valence-electron chi connectivity index (χ2n) is 1.71. The van der Waals surface area contributed by atoms with Crippen molar-refractivity contribution in [2.75, 3.05) is 0 Å². The van der Waals surface area contributed by atoms with Crippen molar-refractivity contribution in [3.63, 3.8) is 0 Å². The summed E-state index contributed by atoms with van der Waals surface area (Å²) in [4.78, 5) is 20.1. The van der Waals surface area contributed by atoms with Gasteiger partial charge in [-0.2, -0.15) is 13.2 Å². The van der Waals surface area contributed by atoms with Gasteiger partial charge in [-0.15, -0.1) is 0 Å². The first kappa shape index (κ1) is 7.83. The van der Waals surface area contributed by atoms with Gasteiger partial charge in [0.15, 0.2) is 0 Å². The average Bonchev–Trinajstić information content (AvgIpc) is 2.08. The van der Waals surface area contributed by atoms with E-state index in [1.54, 1.807) is 0 Å². The van der Waals surface area contributed by atoms with Gasteiger partial charge >= 0.3 is 18.3 Å². The monoisotopic (exact) mass is 170 g/mol. The van der Waals surface area contributed by atoms with Crippen LogP contribution in [0, 0.1) is 0 Å². The van der Waals surface area contributed by atoms with E-state index in [9.17, 15) is 22.8 Å². The highest BCUT2D eigenvalue weighted by molar-refractivity contribution is 5.91. The van der Waals surface area contributed by atoms with Crippen molar-refractivity contribution >= 4 is 12.1 Å². The molecule has 11 heavy (non-hydrogen) atoms. The number of carbonyl (C=O) groups is 2. The van der Waals surface area contributed by atoms with Crippen LogP contribution in [0.2, 0.25) is 0 Å².